The van der Waals surface area contributed by atoms with Gasteiger partial charge in [0.15, 0.2) is 5.11 Å². The summed E-state index contributed by atoms with van der Waals surface area (Å²) in [5, 5.41) is 5.97. The molecular formula is C17H17BrN2O2S. The van der Waals surface area contributed by atoms with Gasteiger partial charge in [-0.15, -0.1) is 0 Å². The van der Waals surface area contributed by atoms with E-state index in [9.17, 15) is 4.79 Å². The highest BCUT2D eigenvalue weighted by atomic mass is 79.9. The van der Waals surface area contributed by atoms with Crippen LogP contribution in [-0.4, -0.2) is 17.6 Å². The van der Waals surface area contributed by atoms with Gasteiger partial charge >= 0.3 is 0 Å². The van der Waals surface area contributed by atoms with E-state index in [1.807, 2.05) is 37.3 Å². The molecule has 23 heavy (non-hydrogen) atoms. The van der Waals surface area contributed by atoms with Crippen molar-refractivity contribution in [3.05, 3.63) is 64.1 Å². The lowest BCUT2D eigenvalue weighted by Crippen LogP contribution is -2.38. The molecule has 0 saturated heterocycles. The first-order chi connectivity index (χ1) is 11.1. The first-order valence-electron chi connectivity index (χ1n) is 7.15. The van der Waals surface area contributed by atoms with Crippen molar-refractivity contribution < 1.29 is 9.53 Å². The van der Waals surface area contributed by atoms with Crippen LogP contribution >= 0.6 is 28.1 Å². The summed E-state index contributed by atoms with van der Waals surface area (Å²) < 4.78 is 6.15. The van der Waals surface area contributed by atoms with Gasteiger partial charge in [0.2, 0.25) is 0 Å². The van der Waals surface area contributed by atoms with Crippen LogP contribution < -0.4 is 15.4 Å². The van der Waals surface area contributed by atoms with Crippen LogP contribution in [0.2, 0.25) is 0 Å². The Morgan fingerprint density at radius 3 is 2.61 bits per heavy atom. The standard InChI is InChI=1S/C17H17BrN2O2S/c1-2-22-15-9-8-13(10-14(15)18)16(21)20-17(23)19-11-12-6-4-3-5-7-12/h3-10H,2,11H2,1H3,(H2,19,20,21,23). The second-order valence-electron chi connectivity index (χ2n) is 4.70. The molecule has 120 valence electrons. The van der Waals surface area contributed by atoms with Crippen LogP contribution in [0.3, 0.4) is 0 Å². The fourth-order valence-electron chi connectivity index (χ4n) is 1.91. The molecule has 1 amide bonds. The van der Waals surface area contributed by atoms with E-state index in [-0.39, 0.29) is 5.91 Å². The number of ether oxygens (including phenoxy) is 1. The molecule has 0 atom stereocenters. The largest absolute Gasteiger partial charge is 0.493 e. The third-order valence-electron chi connectivity index (χ3n) is 3.02. The minimum atomic E-state index is -0.265. The monoisotopic (exact) mass is 392 g/mol. The summed E-state index contributed by atoms with van der Waals surface area (Å²) >= 11 is 8.54. The summed E-state index contributed by atoms with van der Waals surface area (Å²) in [5.41, 5.74) is 1.59. The summed E-state index contributed by atoms with van der Waals surface area (Å²) in [6, 6.07) is 15.0. The van der Waals surface area contributed by atoms with E-state index in [0.29, 0.717) is 29.6 Å². The minimum Gasteiger partial charge on any atom is -0.493 e. The van der Waals surface area contributed by atoms with E-state index >= 15 is 0 Å². The Kier molecular flexibility index (Phi) is 6.55. The fourth-order valence-corrected chi connectivity index (χ4v) is 2.57. The van der Waals surface area contributed by atoms with Crippen LogP contribution in [-0.2, 0) is 6.54 Å². The fraction of sp³-hybridized carbons (Fsp3) is 0.176. The molecule has 0 heterocycles. The number of carbonyl (C=O) groups is 1. The molecule has 2 rings (SSSR count). The molecular weight excluding hydrogens is 376 g/mol. The molecule has 2 aromatic carbocycles. The molecule has 0 spiro atoms. The minimum absolute atomic E-state index is 0.265. The number of thiocarbonyl (C=S) groups is 1. The first-order valence-corrected chi connectivity index (χ1v) is 8.35. The number of hydrogen-bond acceptors (Lipinski definition) is 3. The molecule has 2 aromatic rings. The van der Waals surface area contributed by atoms with Gasteiger partial charge in [-0.25, -0.2) is 0 Å². The van der Waals surface area contributed by atoms with Crippen LogP contribution in [0.4, 0.5) is 0 Å². The van der Waals surface area contributed by atoms with Crippen LogP contribution in [0.15, 0.2) is 53.0 Å². The smallest absolute Gasteiger partial charge is 0.257 e. The molecule has 2 N–H and O–H groups in total. The van der Waals surface area contributed by atoms with E-state index in [1.165, 1.54) is 0 Å². The zero-order valence-corrected chi connectivity index (χ0v) is 15.0. The molecule has 0 fully saturated rings. The van der Waals surface area contributed by atoms with E-state index in [2.05, 4.69) is 26.6 Å². The van der Waals surface area contributed by atoms with Crippen LogP contribution in [0.1, 0.15) is 22.8 Å². The Balaban J connectivity index is 1.90. The van der Waals surface area contributed by atoms with Crippen LogP contribution in [0, 0.1) is 0 Å². The van der Waals surface area contributed by atoms with Crippen molar-refractivity contribution in [3.63, 3.8) is 0 Å². The number of rotatable bonds is 5. The molecule has 6 heteroatoms. The number of carbonyl (C=O) groups excluding carboxylic acids is 1. The maximum Gasteiger partial charge on any atom is 0.257 e. The van der Waals surface area contributed by atoms with Crippen LogP contribution in [0.25, 0.3) is 0 Å². The SMILES string of the molecule is CCOc1ccc(C(=O)NC(=S)NCc2ccccc2)cc1Br. The van der Waals surface area contributed by atoms with Crippen molar-refractivity contribution in [1.82, 2.24) is 10.6 Å². The number of nitrogens with one attached hydrogen (secondary N) is 2. The normalized spacial score (nSPS) is 10.0. The Morgan fingerprint density at radius 1 is 1.22 bits per heavy atom. The maximum atomic E-state index is 12.2. The zero-order chi connectivity index (χ0) is 16.7. The highest BCUT2D eigenvalue weighted by Gasteiger charge is 2.10. The molecule has 0 radical (unpaired) electrons. The molecule has 0 bridgehead atoms. The highest BCUT2D eigenvalue weighted by Crippen LogP contribution is 2.25. The first kappa shape index (κ1) is 17.4. The van der Waals surface area contributed by atoms with Gasteiger partial charge in [-0.1, -0.05) is 30.3 Å². The van der Waals surface area contributed by atoms with E-state index in [4.69, 9.17) is 17.0 Å². The van der Waals surface area contributed by atoms with Crippen molar-refractivity contribution in [1.29, 1.82) is 0 Å². The van der Waals surface area contributed by atoms with E-state index in [0.717, 1.165) is 10.0 Å². The topological polar surface area (TPSA) is 50.4 Å². The third-order valence-corrected chi connectivity index (χ3v) is 3.88. The van der Waals surface area contributed by atoms with Gasteiger partial charge in [-0.2, -0.15) is 0 Å². The summed E-state index contributed by atoms with van der Waals surface area (Å²) in [4.78, 5) is 12.2. The molecule has 0 aliphatic carbocycles. The van der Waals surface area contributed by atoms with Crippen molar-refractivity contribution in [2.75, 3.05) is 6.61 Å². The Bertz CT molecular complexity index is 692. The van der Waals surface area contributed by atoms with Gasteiger partial charge in [0, 0.05) is 12.1 Å². The lowest BCUT2D eigenvalue weighted by molar-refractivity contribution is 0.0976. The van der Waals surface area contributed by atoms with Gasteiger partial charge < -0.3 is 10.1 Å². The number of benzene rings is 2. The number of hydrogen-bond donors (Lipinski definition) is 2. The van der Waals surface area contributed by atoms with Crippen molar-refractivity contribution in [2.45, 2.75) is 13.5 Å². The Labute approximate surface area is 149 Å². The molecule has 0 saturated carbocycles. The lowest BCUT2D eigenvalue weighted by Gasteiger charge is -2.11. The van der Waals surface area contributed by atoms with Gasteiger partial charge in [0.1, 0.15) is 5.75 Å². The van der Waals surface area contributed by atoms with Crippen molar-refractivity contribution >= 4 is 39.2 Å². The summed E-state index contributed by atoms with van der Waals surface area (Å²) in [7, 11) is 0. The highest BCUT2D eigenvalue weighted by molar-refractivity contribution is 9.10. The number of amides is 1. The predicted octanol–water partition coefficient (Wildman–Crippen LogP) is 3.65. The summed E-state index contributed by atoms with van der Waals surface area (Å²) in [5.74, 6) is 0.438. The average Bonchev–Trinajstić information content (AvgIpc) is 2.56. The zero-order valence-electron chi connectivity index (χ0n) is 12.6. The second kappa shape index (κ2) is 8.64. The number of halogens is 1. The summed E-state index contributed by atoms with van der Waals surface area (Å²) in [6.07, 6.45) is 0. The molecule has 0 aromatic heterocycles. The van der Waals surface area contributed by atoms with Gasteiger partial charge in [-0.3, -0.25) is 10.1 Å². The molecule has 4 nitrogen and oxygen atoms in total. The van der Waals surface area contributed by atoms with E-state index in [1.54, 1.807) is 18.2 Å². The van der Waals surface area contributed by atoms with E-state index < -0.39 is 0 Å². The quantitative estimate of drug-likeness (QED) is 0.762. The maximum absolute atomic E-state index is 12.2. The Hall–Kier alpha value is -1.92. The van der Waals surface area contributed by atoms with Gasteiger partial charge in [-0.05, 0) is 58.8 Å². The van der Waals surface area contributed by atoms with Gasteiger partial charge in [0.05, 0.1) is 11.1 Å². The second-order valence-corrected chi connectivity index (χ2v) is 5.96. The predicted molar refractivity (Wildman–Crippen MR) is 98.7 cm³/mol. The molecule has 0 aliphatic heterocycles. The van der Waals surface area contributed by atoms with Crippen molar-refractivity contribution in [3.8, 4) is 5.75 Å². The lowest BCUT2D eigenvalue weighted by atomic mass is 10.2. The van der Waals surface area contributed by atoms with Crippen molar-refractivity contribution in [2.24, 2.45) is 0 Å². The van der Waals surface area contributed by atoms with Crippen LogP contribution in [0.5, 0.6) is 5.75 Å². The third kappa shape index (κ3) is 5.33. The molecule has 0 aliphatic rings. The summed E-state index contributed by atoms with van der Waals surface area (Å²) in [6.45, 7) is 3.04. The molecule has 0 unspecified atom stereocenters. The van der Waals surface area contributed by atoms with Gasteiger partial charge in [0.25, 0.3) is 5.91 Å². The average molecular weight is 393 g/mol. The Morgan fingerprint density at radius 2 is 1.96 bits per heavy atom.